The lowest BCUT2D eigenvalue weighted by Crippen LogP contribution is -2.54. The number of fused-ring (bicyclic) bond motifs is 1. The molecule has 0 amide bonds. The second kappa shape index (κ2) is 10.0. The van der Waals surface area contributed by atoms with Gasteiger partial charge < -0.3 is 14.3 Å². The molecule has 1 fully saturated rings. The minimum absolute atomic E-state index is 0.00105. The molecule has 1 unspecified atom stereocenters. The summed E-state index contributed by atoms with van der Waals surface area (Å²) in [5.74, 6) is -0.175. The zero-order valence-electron chi connectivity index (χ0n) is 21.4. The van der Waals surface area contributed by atoms with Crippen molar-refractivity contribution in [2.45, 2.75) is 25.9 Å². The summed E-state index contributed by atoms with van der Waals surface area (Å²) in [4.78, 5) is 29.6. The summed E-state index contributed by atoms with van der Waals surface area (Å²) in [6.07, 6.45) is 1.60. The third kappa shape index (κ3) is 4.27. The van der Waals surface area contributed by atoms with Gasteiger partial charge in [-0.1, -0.05) is 36.4 Å². The minimum Gasteiger partial charge on any atom is -0.364 e. The number of benzene rings is 1. The molecule has 190 valence electrons. The number of halogens is 1. The summed E-state index contributed by atoms with van der Waals surface area (Å²) in [6, 6.07) is 15.9. The number of piperazine rings is 1. The largest absolute Gasteiger partial charge is 0.364 e. The summed E-state index contributed by atoms with van der Waals surface area (Å²) in [6.45, 7) is 12.9. The van der Waals surface area contributed by atoms with Gasteiger partial charge in [0.2, 0.25) is 5.52 Å². The van der Waals surface area contributed by atoms with Crippen LogP contribution in [-0.4, -0.2) is 45.1 Å². The van der Waals surface area contributed by atoms with Gasteiger partial charge in [-0.15, -0.1) is 4.98 Å². The van der Waals surface area contributed by atoms with E-state index in [0.717, 1.165) is 11.1 Å². The number of aryl methyl sites for hydroxylation is 2. The molecule has 4 aromatic rings. The molecule has 0 radical (unpaired) electrons. The summed E-state index contributed by atoms with van der Waals surface area (Å²) < 4.78 is 16.4. The fourth-order valence-corrected chi connectivity index (χ4v) is 5.27. The third-order valence-corrected chi connectivity index (χ3v) is 7.19. The zero-order chi connectivity index (χ0) is 27.0. The van der Waals surface area contributed by atoms with E-state index in [0.29, 0.717) is 42.0 Å². The monoisotopic (exact) mass is 507 g/mol. The number of pyridine rings is 3. The standard InChI is InChI=1S/C29H26FN7O/c1-18-7-9-20(10-8-18)27(25-22(30)6-5-13-33-25)37-15-14-36(17-19(37)2)28-21(16-31)29(38)35(4)23-11-12-24(32-3)34-26(23)28/h5-13,19,27H,14-15,17H2,1-2,4H3/t19-,27?/m1/s1. The molecule has 0 saturated carbocycles. The van der Waals surface area contributed by atoms with Crippen molar-refractivity contribution in [2.75, 3.05) is 24.5 Å². The minimum atomic E-state index is -0.407. The highest BCUT2D eigenvalue weighted by Crippen LogP contribution is 2.35. The van der Waals surface area contributed by atoms with Crippen LogP contribution in [-0.2, 0) is 7.05 Å². The van der Waals surface area contributed by atoms with Gasteiger partial charge in [-0.05, 0) is 43.7 Å². The molecule has 1 aliphatic heterocycles. The Balaban J connectivity index is 1.58. The Labute approximate surface area is 220 Å². The van der Waals surface area contributed by atoms with Gasteiger partial charge in [0.1, 0.15) is 23.1 Å². The van der Waals surface area contributed by atoms with E-state index in [1.807, 2.05) is 43.0 Å². The molecule has 2 atom stereocenters. The van der Waals surface area contributed by atoms with Crippen LogP contribution in [0, 0.1) is 30.6 Å². The maximum absolute atomic E-state index is 15.1. The number of nitriles is 1. The van der Waals surface area contributed by atoms with Crippen molar-refractivity contribution in [3.63, 3.8) is 0 Å². The lowest BCUT2D eigenvalue weighted by Gasteiger charge is -2.44. The number of rotatable bonds is 4. The van der Waals surface area contributed by atoms with Gasteiger partial charge in [-0.25, -0.2) is 4.39 Å². The van der Waals surface area contributed by atoms with Crippen LogP contribution < -0.4 is 10.5 Å². The Morgan fingerprint density at radius 1 is 1.18 bits per heavy atom. The fourth-order valence-electron chi connectivity index (χ4n) is 5.27. The van der Waals surface area contributed by atoms with Gasteiger partial charge in [0.05, 0.1) is 17.3 Å². The molecule has 8 nitrogen and oxygen atoms in total. The van der Waals surface area contributed by atoms with E-state index in [2.05, 4.69) is 25.8 Å². The molecule has 5 rings (SSSR count). The molecule has 3 aromatic heterocycles. The van der Waals surface area contributed by atoms with Crippen LogP contribution in [0.2, 0.25) is 0 Å². The van der Waals surface area contributed by atoms with Crippen molar-refractivity contribution < 1.29 is 4.39 Å². The highest BCUT2D eigenvalue weighted by atomic mass is 19.1. The number of nitrogens with zero attached hydrogens (tertiary/aromatic N) is 7. The molecule has 1 saturated heterocycles. The lowest BCUT2D eigenvalue weighted by atomic mass is 9.96. The van der Waals surface area contributed by atoms with Gasteiger partial charge in [-0.2, -0.15) is 5.26 Å². The van der Waals surface area contributed by atoms with Crippen LogP contribution in [0.4, 0.5) is 15.9 Å². The van der Waals surface area contributed by atoms with E-state index in [4.69, 9.17) is 6.57 Å². The Morgan fingerprint density at radius 3 is 2.61 bits per heavy atom. The second-order valence-electron chi connectivity index (χ2n) is 9.57. The number of aromatic nitrogens is 3. The van der Waals surface area contributed by atoms with E-state index in [9.17, 15) is 10.1 Å². The van der Waals surface area contributed by atoms with Gasteiger partial charge in [0.25, 0.3) is 11.4 Å². The third-order valence-electron chi connectivity index (χ3n) is 7.19. The highest BCUT2D eigenvalue weighted by molar-refractivity contribution is 5.92. The quantitative estimate of drug-likeness (QED) is 0.379. The summed E-state index contributed by atoms with van der Waals surface area (Å²) in [7, 11) is 1.60. The van der Waals surface area contributed by atoms with Crippen molar-refractivity contribution in [3.05, 3.63) is 105 Å². The number of hydrogen-bond acceptors (Lipinski definition) is 6. The molecule has 1 aliphatic rings. The number of hydrogen-bond donors (Lipinski definition) is 0. The van der Waals surface area contributed by atoms with Crippen molar-refractivity contribution in [2.24, 2.45) is 7.05 Å². The van der Waals surface area contributed by atoms with E-state index in [-0.39, 0.29) is 23.2 Å². The van der Waals surface area contributed by atoms with Crippen LogP contribution in [0.5, 0.6) is 0 Å². The van der Waals surface area contributed by atoms with E-state index in [1.165, 1.54) is 10.6 Å². The first-order valence-electron chi connectivity index (χ1n) is 12.3. The van der Waals surface area contributed by atoms with Gasteiger partial charge in [0.15, 0.2) is 0 Å². The normalized spacial score (nSPS) is 16.7. The van der Waals surface area contributed by atoms with Crippen molar-refractivity contribution in [3.8, 4) is 6.07 Å². The molecule has 38 heavy (non-hydrogen) atoms. The van der Waals surface area contributed by atoms with Crippen molar-refractivity contribution in [1.29, 1.82) is 5.26 Å². The van der Waals surface area contributed by atoms with Gasteiger partial charge >= 0.3 is 0 Å². The van der Waals surface area contributed by atoms with E-state index in [1.54, 1.807) is 31.4 Å². The van der Waals surface area contributed by atoms with Crippen LogP contribution in [0.1, 0.15) is 35.3 Å². The van der Waals surface area contributed by atoms with Crippen LogP contribution in [0.25, 0.3) is 15.9 Å². The predicted octanol–water partition coefficient (Wildman–Crippen LogP) is 4.50. The first kappa shape index (κ1) is 25.1. The average molecular weight is 508 g/mol. The smallest absolute Gasteiger partial charge is 0.271 e. The molecular weight excluding hydrogens is 481 g/mol. The molecule has 0 bridgehead atoms. The molecule has 1 aromatic carbocycles. The Hall–Kier alpha value is -4.60. The first-order chi connectivity index (χ1) is 18.3. The van der Waals surface area contributed by atoms with Crippen molar-refractivity contribution >= 4 is 22.5 Å². The molecule has 4 heterocycles. The maximum atomic E-state index is 15.1. The van der Waals surface area contributed by atoms with E-state index < -0.39 is 11.6 Å². The average Bonchev–Trinajstić information content (AvgIpc) is 2.93. The number of anilines is 1. The van der Waals surface area contributed by atoms with Crippen LogP contribution in [0.3, 0.4) is 0 Å². The maximum Gasteiger partial charge on any atom is 0.271 e. The first-order valence-corrected chi connectivity index (χ1v) is 12.3. The molecule has 0 N–H and O–H groups in total. The second-order valence-corrected chi connectivity index (χ2v) is 9.57. The molecule has 9 heteroatoms. The summed E-state index contributed by atoms with van der Waals surface area (Å²) in [5, 5.41) is 9.96. The highest BCUT2D eigenvalue weighted by Gasteiger charge is 2.36. The summed E-state index contributed by atoms with van der Waals surface area (Å²) >= 11 is 0. The molecule has 0 spiro atoms. The van der Waals surface area contributed by atoms with Gasteiger partial charge in [-0.3, -0.25) is 14.7 Å². The van der Waals surface area contributed by atoms with E-state index >= 15 is 4.39 Å². The molecular formula is C29H26FN7O. The fraction of sp³-hybridized carbons (Fsp3) is 0.276. The topological polar surface area (TPSA) is 82.4 Å². The Kier molecular flexibility index (Phi) is 6.62. The summed E-state index contributed by atoms with van der Waals surface area (Å²) in [5.41, 5.74) is 3.45. The lowest BCUT2D eigenvalue weighted by molar-refractivity contribution is 0.145. The van der Waals surface area contributed by atoms with Crippen molar-refractivity contribution in [1.82, 2.24) is 19.4 Å². The zero-order valence-corrected chi connectivity index (χ0v) is 21.4. The van der Waals surface area contributed by atoms with Crippen LogP contribution in [0.15, 0.2) is 59.5 Å². The predicted molar refractivity (Wildman–Crippen MR) is 144 cm³/mol. The SMILES string of the molecule is [C-]#[N+]c1ccc2c(n1)c(N1CCN(C(c3ccc(C)cc3)c3ncccc3F)[C@H](C)C1)c(C#N)c(=O)n2C. The van der Waals surface area contributed by atoms with Gasteiger partial charge in [0, 0.05) is 38.9 Å². The Morgan fingerprint density at radius 2 is 1.95 bits per heavy atom. The molecule has 0 aliphatic carbocycles. The van der Waals surface area contributed by atoms with Crippen LogP contribution >= 0.6 is 0 Å². The Bertz CT molecular complexity index is 1670.